The number of hydrogen-bond donors (Lipinski definition) is 1. The Morgan fingerprint density at radius 3 is 2.33 bits per heavy atom. The molecule has 2 fully saturated rings. The summed E-state index contributed by atoms with van der Waals surface area (Å²) in [4.78, 5) is 40.5. The lowest BCUT2D eigenvalue weighted by molar-refractivity contribution is -0.118. The van der Waals surface area contributed by atoms with Crippen molar-refractivity contribution in [2.24, 2.45) is 0 Å². The first-order valence-corrected chi connectivity index (χ1v) is 11.7. The third-order valence-electron chi connectivity index (χ3n) is 6.45. The molecule has 0 atom stereocenters. The van der Waals surface area contributed by atoms with Crippen molar-refractivity contribution >= 4 is 29.1 Å². The molecule has 1 heterocycles. The predicted octanol–water partition coefficient (Wildman–Crippen LogP) is 4.24. The van der Waals surface area contributed by atoms with Crippen molar-refractivity contribution in [3.8, 4) is 5.75 Å². The van der Waals surface area contributed by atoms with Gasteiger partial charge in [-0.2, -0.15) is 0 Å². The summed E-state index contributed by atoms with van der Waals surface area (Å²) in [7, 11) is 1.88. The third kappa shape index (κ3) is 5.72. The van der Waals surface area contributed by atoms with Gasteiger partial charge in [-0.05, 0) is 67.8 Å². The molecule has 2 aliphatic rings. The zero-order valence-electron chi connectivity index (χ0n) is 19.1. The van der Waals surface area contributed by atoms with Gasteiger partial charge < -0.3 is 19.9 Å². The molecule has 7 nitrogen and oxygen atoms in total. The molecule has 1 aliphatic carbocycles. The maximum Gasteiger partial charge on any atom is 0.262 e. The number of carbonyl (C=O) groups is 3. The molecule has 0 unspecified atom stereocenters. The molecule has 2 aromatic carbocycles. The van der Waals surface area contributed by atoms with E-state index in [9.17, 15) is 14.4 Å². The van der Waals surface area contributed by atoms with Crippen molar-refractivity contribution in [3.05, 3.63) is 54.1 Å². The van der Waals surface area contributed by atoms with Gasteiger partial charge in [-0.25, -0.2) is 0 Å². The zero-order chi connectivity index (χ0) is 23.2. The lowest BCUT2D eigenvalue weighted by atomic mass is 9.94. The highest BCUT2D eigenvalue weighted by Crippen LogP contribution is 2.25. The Hall–Kier alpha value is -3.35. The van der Waals surface area contributed by atoms with E-state index in [4.69, 9.17) is 4.74 Å². The number of amides is 3. The van der Waals surface area contributed by atoms with Crippen molar-refractivity contribution in [1.29, 1.82) is 0 Å². The molecule has 0 bridgehead atoms. The number of carbonyl (C=O) groups excluding carboxylic acids is 3. The van der Waals surface area contributed by atoms with Crippen molar-refractivity contribution in [2.75, 3.05) is 30.4 Å². The van der Waals surface area contributed by atoms with E-state index in [1.807, 2.05) is 24.1 Å². The first kappa shape index (κ1) is 22.8. The van der Waals surface area contributed by atoms with Crippen molar-refractivity contribution in [3.63, 3.8) is 0 Å². The van der Waals surface area contributed by atoms with Crippen LogP contribution in [0.3, 0.4) is 0 Å². The Labute approximate surface area is 194 Å². The number of benzene rings is 2. The summed E-state index contributed by atoms with van der Waals surface area (Å²) in [5.74, 6) is 0.429. The van der Waals surface area contributed by atoms with Crippen LogP contribution in [-0.4, -0.2) is 48.9 Å². The fourth-order valence-electron chi connectivity index (χ4n) is 4.52. The molecule has 174 valence electrons. The van der Waals surface area contributed by atoms with Gasteiger partial charge >= 0.3 is 0 Å². The minimum atomic E-state index is -0.285. The molecule has 2 aromatic rings. The topological polar surface area (TPSA) is 79.0 Å². The molecule has 1 aliphatic heterocycles. The lowest BCUT2D eigenvalue weighted by Gasteiger charge is -2.31. The molecule has 1 saturated heterocycles. The normalized spacial score (nSPS) is 16.5. The fraction of sp³-hybridized carbons (Fsp3) is 0.423. The Morgan fingerprint density at radius 2 is 1.70 bits per heavy atom. The van der Waals surface area contributed by atoms with Crippen LogP contribution in [0.25, 0.3) is 0 Å². The quantitative estimate of drug-likeness (QED) is 0.686. The third-order valence-corrected chi connectivity index (χ3v) is 6.45. The van der Waals surface area contributed by atoms with Gasteiger partial charge in [0, 0.05) is 43.0 Å². The largest absolute Gasteiger partial charge is 0.484 e. The fourth-order valence-corrected chi connectivity index (χ4v) is 4.52. The molecule has 0 radical (unpaired) electrons. The van der Waals surface area contributed by atoms with E-state index in [0.29, 0.717) is 29.5 Å². The van der Waals surface area contributed by atoms with Crippen molar-refractivity contribution in [1.82, 2.24) is 4.90 Å². The van der Waals surface area contributed by atoms with Gasteiger partial charge in [0.25, 0.3) is 11.8 Å². The van der Waals surface area contributed by atoms with Gasteiger partial charge in [-0.1, -0.05) is 19.3 Å². The van der Waals surface area contributed by atoms with Crippen LogP contribution in [0.5, 0.6) is 5.75 Å². The van der Waals surface area contributed by atoms with Crippen LogP contribution >= 0.6 is 0 Å². The standard InChI is InChI=1S/C26H31N3O4/c1-28(21-6-3-2-4-7-21)26(32)19-9-11-20(12-10-19)27-24(30)18-33-23-15-13-22(14-16-23)29-17-5-8-25(29)31/h9-16,21H,2-8,17-18H2,1H3,(H,27,30). The number of ether oxygens (including phenoxy) is 1. The first-order chi connectivity index (χ1) is 16.0. The van der Waals surface area contributed by atoms with Gasteiger partial charge in [-0.15, -0.1) is 0 Å². The highest BCUT2D eigenvalue weighted by Gasteiger charge is 2.23. The second-order valence-corrected chi connectivity index (χ2v) is 8.76. The minimum absolute atomic E-state index is 0.0159. The van der Waals surface area contributed by atoms with Crippen LogP contribution in [0.2, 0.25) is 0 Å². The predicted molar refractivity (Wildman–Crippen MR) is 128 cm³/mol. The van der Waals surface area contributed by atoms with E-state index in [-0.39, 0.29) is 24.3 Å². The van der Waals surface area contributed by atoms with Crippen LogP contribution in [0, 0.1) is 0 Å². The van der Waals surface area contributed by atoms with Crippen molar-refractivity contribution in [2.45, 2.75) is 51.0 Å². The van der Waals surface area contributed by atoms with Gasteiger partial charge in [0.1, 0.15) is 5.75 Å². The summed E-state index contributed by atoms with van der Waals surface area (Å²) >= 11 is 0. The van der Waals surface area contributed by atoms with Gasteiger partial charge in [0.05, 0.1) is 0 Å². The van der Waals surface area contributed by atoms with E-state index in [1.54, 1.807) is 41.3 Å². The summed E-state index contributed by atoms with van der Waals surface area (Å²) in [6, 6.07) is 14.5. The number of hydrogen-bond acceptors (Lipinski definition) is 4. The highest BCUT2D eigenvalue weighted by molar-refractivity contribution is 5.96. The zero-order valence-corrected chi connectivity index (χ0v) is 19.1. The number of nitrogens with one attached hydrogen (secondary N) is 1. The number of rotatable bonds is 7. The average molecular weight is 450 g/mol. The Balaban J connectivity index is 1.25. The highest BCUT2D eigenvalue weighted by atomic mass is 16.5. The maximum absolute atomic E-state index is 12.8. The molecule has 7 heteroatoms. The summed E-state index contributed by atoms with van der Waals surface area (Å²) in [6.45, 7) is 0.607. The molecule has 3 amide bonds. The second-order valence-electron chi connectivity index (χ2n) is 8.76. The molecule has 33 heavy (non-hydrogen) atoms. The van der Waals surface area contributed by atoms with E-state index >= 15 is 0 Å². The summed E-state index contributed by atoms with van der Waals surface area (Å²) in [5.41, 5.74) is 2.08. The molecule has 4 rings (SSSR count). The molecule has 0 spiro atoms. The van der Waals surface area contributed by atoms with Crippen LogP contribution in [0.15, 0.2) is 48.5 Å². The Kier molecular flexibility index (Phi) is 7.27. The van der Waals surface area contributed by atoms with E-state index < -0.39 is 0 Å². The van der Waals surface area contributed by atoms with Crippen LogP contribution < -0.4 is 15.0 Å². The molecule has 0 aromatic heterocycles. The van der Waals surface area contributed by atoms with E-state index in [1.165, 1.54) is 19.3 Å². The molecule has 1 N–H and O–H groups in total. The summed E-state index contributed by atoms with van der Waals surface area (Å²) in [6.07, 6.45) is 7.20. The van der Waals surface area contributed by atoms with Crippen LogP contribution in [0.1, 0.15) is 55.3 Å². The maximum atomic E-state index is 12.8. The van der Waals surface area contributed by atoms with Crippen LogP contribution in [0.4, 0.5) is 11.4 Å². The van der Waals surface area contributed by atoms with Crippen LogP contribution in [-0.2, 0) is 9.59 Å². The average Bonchev–Trinajstić information content (AvgIpc) is 3.29. The van der Waals surface area contributed by atoms with Crippen molar-refractivity contribution < 1.29 is 19.1 Å². The summed E-state index contributed by atoms with van der Waals surface area (Å²) in [5, 5.41) is 2.79. The number of nitrogens with zero attached hydrogens (tertiary/aromatic N) is 2. The van der Waals surface area contributed by atoms with E-state index in [2.05, 4.69) is 5.32 Å². The smallest absolute Gasteiger partial charge is 0.262 e. The molecule has 1 saturated carbocycles. The minimum Gasteiger partial charge on any atom is -0.484 e. The lowest BCUT2D eigenvalue weighted by Crippen LogP contribution is -2.38. The summed E-state index contributed by atoms with van der Waals surface area (Å²) < 4.78 is 5.57. The van der Waals surface area contributed by atoms with Gasteiger partial charge in [-0.3, -0.25) is 14.4 Å². The number of anilines is 2. The Bertz CT molecular complexity index is 982. The van der Waals surface area contributed by atoms with E-state index in [0.717, 1.165) is 31.5 Å². The second kappa shape index (κ2) is 10.5. The monoisotopic (exact) mass is 449 g/mol. The SMILES string of the molecule is CN(C(=O)c1ccc(NC(=O)COc2ccc(N3CCCC3=O)cc2)cc1)C1CCCCC1. The molecular weight excluding hydrogens is 418 g/mol. The molecular formula is C26H31N3O4. The Morgan fingerprint density at radius 1 is 1.00 bits per heavy atom. The van der Waals surface area contributed by atoms with Gasteiger partial charge in [0.15, 0.2) is 6.61 Å². The van der Waals surface area contributed by atoms with Gasteiger partial charge in [0.2, 0.25) is 5.91 Å². The first-order valence-electron chi connectivity index (χ1n) is 11.7.